The Kier molecular flexibility index (Phi) is 4.70. The minimum Gasteiger partial charge on any atom is -0.460 e. The molecule has 1 atom stereocenters. The molecule has 0 radical (unpaired) electrons. The largest absolute Gasteiger partial charge is 0.460 e. The first-order valence-corrected chi connectivity index (χ1v) is 5.40. The summed E-state index contributed by atoms with van der Waals surface area (Å²) in [6.07, 6.45) is 0.568. The molecule has 86 valence electrons. The Morgan fingerprint density at radius 3 is 2.44 bits per heavy atom. The van der Waals surface area contributed by atoms with Crippen LogP contribution in [0.15, 0.2) is 30.3 Å². The van der Waals surface area contributed by atoms with Crippen LogP contribution in [0.4, 0.5) is 0 Å². The number of carbonyl (C=O) groups excluding carboxylic acids is 2. The van der Waals surface area contributed by atoms with Gasteiger partial charge in [-0.05, 0) is 18.9 Å². The van der Waals surface area contributed by atoms with E-state index in [-0.39, 0.29) is 12.5 Å². The lowest BCUT2D eigenvalue weighted by atomic mass is 9.97. The zero-order chi connectivity index (χ0) is 12.0. The highest BCUT2D eigenvalue weighted by Crippen LogP contribution is 2.09. The number of ether oxygens (including phenoxy) is 1. The summed E-state index contributed by atoms with van der Waals surface area (Å²) in [5, 5.41) is 0. The second kappa shape index (κ2) is 6.05. The van der Waals surface area contributed by atoms with Gasteiger partial charge in [0.2, 0.25) is 5.78 Å². The predicted molar refractivity (Wildman–Crippen MR) is 61.0 cm³/mol. The van der Waals surface area contributed by atoms with Gasteiger partial charge in [-0.3, -0.25) is 4.79 Å². The standard InChI is InChI=1S/C13H16O3/c1-3-16-13(15)12(14)10(2)9-11-7-5-4-6-8-11/h4-8,10H,3,9H2,1-2H3. The van der Waals surface area contributed by atoms with Gasteiger partial charge < -0.3 is 4.74 Å². The lowest BCUT2D eigenvalue weighted by Crippen LogP contribution is -2.25. The fourth-order valence-corrected chi connectivity index (χ4v) is 1.46. The molecule has 0 amide bonds. The Labute approximate surface area is 95.4 Å². The van der Waals surface area contributed by atoms with Crippen molar-refractivity contribution in [3.63, 3.8) is 0 Å². The van der Waals surface area contributed by atoms with E-state index in [9.17, 15) is 9.59 Å². The van der Waals surface area contributed by atoms with Gasteiger partial charge in [-0.1, -0.05) is 37.3 Å². The second-order valence-corrected chi connectivity index (χ2v) is 3.68. The van der Waals surface area contributed by atoms with E-state index in [1.807, 2.05) is 30.3 Å². The molecule has 3 heteroatoms. The van der Waals surface area contributed by atoms with Crippen LogP contribution in [-0.4, -0.2) is 18.4 Å². The molecule has 16 heavy (non-hydrogen) atoms. The maximum atomic E-state index is 11.6. The van der Waals surface area contributed by atoms with Gasteiger partial charge in [0.1, 0.15) is 0 Å². The third-order valence-electron chi connectivity index (χ3n) is 2.31. The maximum Gasteiger partial charge on any atom is 0.374 e. The topological polar surface area (TPSA) is 43.4 Å². The van der Waals surface area contributed by atoms with E-state index in [4.69, 9.17) is 0 Å². The third-order valence-corrected chi connectivity index (χ3v) is 2.31. The highest BCUT2D eigenvalue weighted by atomic mass is 16.5. The van der Waals surface area contributed by atoms with Gasteiger partial charge in [0.15, 0.2) is 0 Å². The van der Waals surface area contributed by atoms with E-state index in [0.29, 0.717) is 6.42 Å². The van der Waals surface area contributed by atoms with Gasteiger partial charge in [0, 0.05) is 5.92 Å². The number of ketones is 1. The molecule has 3 nitrogen and oxygen atoms in total. The summed E-state index contributed by atoms with van der Waals surface area (Å²) in [6, 6.07) is 9.62. The van der Waals surface area contributed by atoms with Crippen molar-refractivity contribution >= 4 is 11.8 Å². The SMILES string of the molecule is CCOC(=O)C(=O)C(C)Cc1ccccc1. The molecule has 0 aliphatic heterocycles. The van der Waals surface area contributed by atoms with Crippen LogP contribution in [0.1, 0.15) is 19.4 Å². The van der Waals surface area contributed by atoms with Crippen LogP contribution in [0.25, 0.3) is 0 Å². The molecular weight excluding hydrogens is 204 g/mol. The van der Waals surface area contributed by atoms with Crippen LogP contribution >= 0.6 is 0 Å². The molecule has 0 spiro atoms. The predicted octanol–water partition coefficient (Wildman–Crippen LogP) is 2.00. The van der Waals surface area contributed by atoms with Gasteiger partial charge in [-0.2, -0.15) is 0 Å². The van der Waals surface area contributed by atoms with Crippen LogP contribution < -0.4 is 0 Å². The minimum absolute atomic E-state index is 0.239. The van der Waals surface area contributed by atoms with E-state index < -0.39 is 11.8 Å². The Morgan fingerprint density at radius 1 is 1.25 bits per heavy atom. The van der Waals surface area contributed by atoms with Gasteiger partial charge >= 0.3 is 5.97 Å². The van der Waals surface area contributed by atoms with Crippen LogP contribution in [0.2, 0.25) is 0 Å². The molecule has 0 aliphatic carbocycles. The summed E-state index contributed by atoms with van der Waals surface area (Å²) in [5.41, 5.74) is 1.05. The highest BCUT2D eigenvalue weighted by Gasteiger charge is 2.22. The number of hydrogen-bond acceptors (Lipinski definition) is 3. The molecule has 1 aromatic carbocycles. The van der Waals surface area contributed by atoms with Crippen LogP contribution in [-0.2, 0) is 20.7 Å². The molecule has 0 aromatic heterocycles. The average Bonchev–Trinajstić information content (AvgIpc) is 2.29. The van der Waals surface area contributed by atoms with Crippen molar-refractivity contribution in [1.82, 2.24) is 0 Å². The van der Waals surface area contributed by atoms with Crippen LogP contribution in [0, 0.1) is 5.92 Å². The summed E-state index contributed by atoms with van der Waals surface area (Å²) in [5.74, 6) is -1.52. The second-order valence-electron chi connectivity index (χ2n) is 3.68. The van der Waals surface area contributed by atoms with Crippen LogP contribution in [0.3, 0.4) is 0 Å². The molecule has 1 rings (SSSR count). The summed E-state index contributed by atoms with van der Waals surface area (Å²) >= 11 is 0. The number of hydrogen-bond donors (Lipinski definition) is 0. The average molecular weight is 220 g/mol. The van der Waals surface area contributed by atoms with Crippen molar-refractivity contribution in [1.29, 1.82) is 0 Å². The number of rotatable bonds is 5. The number of esters is 1. The lowest BCUT2D eigenvalue weighted by Gasteiger charge is -2.09. The van der Waals surface area contributed by atoms with Crippen molar-refractivity contribution in [2.45, 2.75) is 20.3 Å². The van der Waals surface area contributed by atoms with E-state index in [1.54, 1.807) is 13.8 Å². The molecule has 0 saturated heterocycles. The van der Waals surface area contributed by atoms with Crippen molar-refractivity contribution in [2.75, 3.05) is 6.61 Å². The summed E-state index contributed by atoms with van der Waals surface area (Å²) in [7, 11) is 0. The van der Waals surface area contributed by atoms with Crippen molar-refractivity contribution in [3.8, 4) is 0 Å². The molecule has 0 N–H and O–H groups in total. The van der Waals surface area contributed by atoms with Crippen molar-refractivity contribution < 1.29 is 14.3 Å². The molecule has 0 bridgehead atoms. The van der Waals surface area contributed by atoms with Crippen molar-refractivity contribution in [3.05, 3.63) is 35.9 Å². The third kappa shape index (κ3) is 3.50. The molecule has 1 aromatic rings. The van der Waals surface area contributed by atoms with E-state index >= 15 is 0 Å². The van der Waals surface area contributed by atoms with E-state index in [0.717, 1.165) is 5.56 Å². The monoisotopic (exact) mass is 220 g/mol. The molecule has 0 saturated carbocycles. The fraction of sp³-hybridized carbons (Fsp3) is 0.385. The molecular formula is C13H16O3. The Morgan fingerprint density at radius 2 is 1.88 bits per heavy atom. The molecule has 0 aliphatic rings. The van der Waals surface area contributed by atoms with E-state index in [2.05, 4.69) is 4.74 Å². The van der Waals surface area contributed by atoms with Gasteiger partial charge in [-0.15, -0.1) is 0 Å². The summed E-state index contributed by atoms with van der Waals surface area (Å²) in [4.78, 5) is 22.8. The molecule has 0 heterocycles. The molecule has 1 unspecified atom stereocenters. The Bertz CT molecular complexity index is 357. The van der Waals surface area contributed by atoms with E-state index in [1.165, 1.54) is 0 Å². The maximum absolute atomic E-state index is 11.6. The number of carbonyl (C=O) groups is 2. The number of Topliss-reactive ketones (excluding diaryl/α,β-unsaturated/α-hetero) is 1. The first kappa shape index (κ1) is 12.4. The fourth-order valence-electron chi connectivity index (χ4n) is 1.46. The summed E-state index contributed by atoms with van der Waals surface area (Å²) < 4.78 is 4.67. The normalized spacial score (nSPS) is 11.9. The minimum atomic E-state index is -0.731. The Balaban J connectivity index is 2.55. The lowest BCUT2D eigenvalue weighted by molar-refractivity contribution is -0.155. The number of benzene rings is 1. The van der Waals surface area contributed by atoms with Crippen molar-refractivity contribution in [2.24, 2.45) is 5.92 Å². The molecule has 0 fully saturated rings. The quantitative estimate of drug-likeness (QED) is 0.563. The zero-order valence-corrected chi connectivity index (χ0v) is 9.60. The zero-order valence-electron chi connectivity index (χ0n) is 9.60. The van der Waals surface area contributed by atoms with Gasteiger partial charge in [0.25, 0.3) is 0 Å². The summed E-state index contributed by atoms with van der Waals surface area (Å²) in [6.45, 7) is 3.67. The highest BCUT2D eigenvalue weighted by molar-refractivity contribution is 6.34. The first-order valence-electron chi connectivity index (χ1n) is 5.40. The smallest absolute Gasteiger partial charge is 0.374 e. The van der Waals surface area contributed by atoms with Crippen LogP contribution in [0.5, 0.6) is 0 Å². The Hall–Kier alpha value is -1.64. The van der Waals surface area contributed by atoms with Gasteiger partial charge in [-0.25, -0.2) is 4.79 Å². The first-order chi connectivity index (χ1) is 7.65. The van der Waals surface area contributed by atoms with Gasteiger partial charge in [0.05, 0.1) is 6.61 Å².